The Morgan fingerprint density at radius 1 is 0.935 bits per heavy atom. The molecule has 0 saturated carbocycles. The Labute approximate surface area is 184 Å². The number of anilines is 1. The normalized spacial score (nSPS) is 11.7. The molecule has 2 N–H and O–H groups in total. The molecule has 0 aliphatic carbocycles. The van der Waals surface area contributed by atoms with Gasteiger partial charge in [-0.15, -0.1) is 11.3 Å². The molecule has 0 aliphatic heterocycles. The summed E-state index contributed by atoms with van der Waals surface area (Å²) in [7, 11) is -3.72. The maximum absolute atomic E-state index is 12.1. The van der Waals surface area contributed by atoms with Crippen molar-refractivity contribution in [1.29, 1.82) is 0 Å². The Hall–Kier alpha value is -3.33. The molecule has 0 bridgehead atoms. The Bertz CT molecular complexity index is 1300. The van der Waals surface area contributed by atoms with Crippen molar-refractivity contribution in [1.82, 2.24) is 9.71 Å². The van der Waals surface area contributed by atoms with Gasteiger partial charge in [-0.2, -0.15) is 0 Å². The van der Waals surface area contributed by atoms with E-state index in [0.717, 1.165) is 31.8 Å². The van der Waals surface area contributed by atoms with Crippen LogP contribution in [0.15, 0.2) is 84.3 Å². The van der Waals surface area contributed by atoms with Gasteiger partial charge >= 0.3 is 0 Å². The van der Waals surface area contributed by atoms with Crippen LogP contribution in [0.3, 0.4) is 0 Å². The lowest BCUT2D eigenvalue weighted by atomic mass is 10.2. The Kier molecular flexibility index (Phi) is 6.22. The first-order valence-corrected chi connectivity index (χ1v) is 11.8. The van der Waals surface area contributed by atoms with Crippen molar-refractivity contribution in [2.75, 3.05) is 11.9 Å². The van der Waals surface area contributed by atoms with Crippen LogP contribution in [0.1, 0.15) is 5.56 Å². The SMILES string of the molecule is O=C(CNS(=O)(=O)C=Cc1ccccc1)Nc1ccc(-c2nc3ccccc3s2)cc1. The molecule has 6 nitrogen and oxygen atoms in total. The number of thiazole rings is 1. The summed E-state index contributed by atoms with van der Waals surface area (Å²) < 4.78 is 27.5. The molecular weight excluding hydrogens is 430 g/mol. The van der Waals surface area contributed by atoms with Crippen molar-refractivity contribution < 1.29 is 13.2 Å². The monoisotopic (exact) mass is 449 g/mol. The molecule has 0 atom stereocenters. The smallest absolute Gasteiger partial charge is 0.239 e. The van der Waals surface area contributed by atoms with Crippen molar-refractivity contribution in [3.63, 3.8) is 0 Å². The number of carbonyl (C=O) groups is 1. The zero-order valence-electron chi connectivity index (χ0n) is 16.4. The molecule has 0 unspecified atom stereocenters. The zero-order valence-corrected chi connectivity index (χ0v) is 18.0. The second-order valence-electron chi connectivity index (χ2n) is 6.69. The molecule has 0 spiro atoms. The molecule has 0 radical (unpaired) electrons. The van der Waals surface area contributed by atoms with Gasteiger partial charge in [0.1, 0.15) is 5.01 Å². The maximum atomic E-state index is 12.1. The Morgan fingerprint density at radius 3 is 2.39 bits per heavy atom. The molecule has 1 heterocycles. The number of sulfonamides is 1. The molecule has 156 valence electrons. The minimum Gasteiger partial charge on any atom is -0.325 e. The van der Waals surface area contributed by atoms with E-state index in [1.54, 1.807) is 35.6 Å². The molecule has 1 amide bonds. The van der Waals surface area contributed by atoms with Crippen LogP contribution in [0, 0.1) is 0 Å². The third-order valence-corrected chi connectivity index (χ3v) is 6.51. The van der Waals surface area contributed by atoms with Crippen LogP contribution < -0.4 is 10.0 Å². The highest BCUT2D eigenvalue weighted by molar-refractivity contribution is 7.92. The average molecular weight is 450 g/mol. The topological polar surface area (TPSA) is 88.2 Å². The lowest BCUT2D eigenvalue weighted by molar-refractivity contribution is -0.115. The lowest BCUT2D eigenvalue weighted by Crippen LogP contribution is -2.31. The average Bonchev–Trinajstić information content (AvgIpc) is 3.22. The molecule has 1 aromatic heterocycles. The van der Waals surface area contributed by atoms with Crippen molar-refractivity contribution >= 4 is 49.2 Å². The van der Waals surface area contributed by atoms with E-state index in [2.05, 4.69) is 15.0 Å². The molecule has 4 aromatic rings. The van der Waals surface area contributed by atoms with Gasteiger partial charge in [-0.05, 0) is 48.0 Å². The van der Waals surface area contributed by atoms with Crippen molar-refractivity contribution in [3.05, 3.63) is 89.8 Å². The van der Waals surface area contributed by atoms with Gasteiger partial charge in [0.2, 0.25) is 15.9 Å². The number of hydrogen-bond acceptors (Lipinski definition) is 5. The quantitative estimate of drug-likeness (QED) is 0.435. The molecule has 3 aromatic carbocycles. The van der Waals surface area contributed by atoms with E-state index in [4.69, 9.17) is 0 Å². The maximum Gasteiger partial charge on any atom is 0.239 e. The third-order valence-electron chi connectivity index (χ3n) is 4.38. The summed E-state index contributed by atoms with van der Waals surface area (Å²) in [5.74, 6) is -0.454. The molecule has 31 heavy (non-hydrogen) atoms. The molecule has 0 aliphatic rings. The van der Waals surface area contributed by atoms with Crippen LogP contribution in [-0.2, 0) is 14.8 Å². The molecule has 0 fully saturated rings. The summed E-state index contributed by atoms with van der Waals surface area (Å²) in [6.45, 7) is -0.360. The number of rotatable bonds is 7. The summed E-state index contributed by atoms with van der Waals surface area (Å²) in [4.78, 5) is 16.8. The van der Waals surface area contributed by atoms with Gasteiger partial charge < -0.3 is 5.32 Å². The van der Waals surface area contributed by atoms with Gasteiger partial charge in [-0.25, -0.2) is 18.1 Å². The van der Waals surface area contributed by atoms with Crippen LogP contribution >= 0.6 is 11.3 Å². The first-order chi connectivity index (χ1) is 15.0. The number of benzene rings is 3. The summed E-state index contributed by atoms with van der Waals surface area (Å²) in [5, 5.41) is 4.63. The van der Waals surface area contributed by atoms with Crippen LogP contribution in [0.4, 0.5) is 5.69 Å². The van der Waals surface area contributed by atoms with Gasteiger partial charge in [-0.3, -0.25) is 4.79 Å². The van der Waals surface area contributed by atoms with Crippen molar-refractivity contribution in [2.45, 2.75) is 0 Å². The second kappa shape index (κ2) is 9.22. The van der Waals surface area contributed by atoms with Crippen LogP contribution in [-0.4, -0.2) is 25.9 Å². The number of fused-ring (bicyclic) bond motifs is 1. The number of nitrogens with zero attached hydrogens (tertiary/aromatic N) is 1. The fourth-order valence-corrected chi connectivity index (χ4v) is 4.58. The number of aromatic nitrogens is 1. The largest absolute Gasteiger partial charge is 0.325 e. The van der Waals surface area contributed by atoms with Crippen molar-refractivity contribution in [3.8, 4) is 10.6 Å². The summed E-state index contributed by atoms with van der Waals surface area (Å²) in [5.41, 5.74) is 3.24. The highest BCUT2D eigenvalue weighted by atomic mass is 32.2. The third kappa shape index (κ3) is 5.64. The van der Waals surface area contributed by atoms with Gasteiger partial charge in [0, 0.05) is 16.7 Å². The van der Waals surface area contributed by atoms with Crippen LogP contribution in [0.25, 0.3) is 26.9 Å². The van der Waals surface area contributed by atoms with Gasteiger partial charge in [-0.1, -0.05) is 42.5 Å². The van der Waals surface area contributed by atoms with Crippen LogP contribution in [0.5, 0.6) is 0 Å². The Morgan fingerprint density at radius 2 is 1.65 bits per heavy atom. The standard InChI is InChI=1S/C23H19N3O3S2/c27-22(16-24-31(28,29)15-14-17-6-2-1-3-7-17)25-19-12-10-18(11-13-19)23-26-20-8-4-5-9-21(20)30-23/h1-15,24H,16H2,(H,25,27). The van der Waals surface area contributed by atoms with E-state index in [-0.39, 0.29) is 6.54 Å². The number of hydrogen-bond donors (Lipinski definition) is 2. The fourth-order valence-electron chi connectivity index (χ4n) is 2.84. The number of amides is 1. The van der Waals surface area contributed by atoms with E-state index in [1.165, 1.54) is 6.08 Å². The van der Waals surface area contributed by atoms with Crippen LogP contribution in [0.2, 0.25) is 0 Å². The van der Waals surface area contributed by atoms with Gasteiger partial charge in [0.25, 0.3) is 0 Å². The molecular formula is C23H19N3O3S2. The number of nitrogens with one attached hydrogen (secondary N) is 2. The highest BCUT2D eigenvalue weighted by Gasteiger charge is 2.10. The number of carbonyl (C=O) groups excluding carboxylic acids is 1. The summed E-state index contributed by atoms with van der Waals surface area (Å²) in [6.07, 6.45) is 1.47. The van der Waals surface area contributed by atoms with E-state index in [9.17, 15) is 13.2 Å². The minimum atomic E-state index is -3.72. The molecule has 4 rings (SSSR count). The highest BCUT2D eigenvalue weighted by Crippen LogP contribution is 2.30. The van der Waals surface area contributed by atoms with Crippen molar-refractivity contribution in [2.24, 2.45) is 0 Å². The van der Waals surface area contributed by atoms with Gasteiger partial charge in [0.05, 0.1) is 16.8 Å². The first kappa shape index (κ1) is 20.9. The van der Waals surface area contributed by atoms with E-state index < -0.39 is 15.9 Å². The second-order valence-corrected chi connectivity index (χ2v) is 9.37. The van der Waals surface area contributed by atoms with Gasteiger partial charge in [0.15, 0.2) is 0 Å². The van der Waals surface area contributed by atoms with E-state index in [1.807, 2.05) is 54.6 Å². The molecule has 0 saturated heterocycles. The zero-order chi connectivity index (χ0) is 21.7. The van der Waals surface area contributed by atoms with E-state index >= 15 is 0 Å². The molecule has 8 heteroatoms. The van der Waals surface area contributed by atoms with E-state index in [0.29, 0.717) is 5.69 Å². The minimum absolute atomic E-state index is 0.360. The summed E-state index contributed by atoms with van der Waals surface area (Å²) >= 11 is 1.60. The number of para-hydroxylation sites is 1. The Balaban J connectivity index is 1.33. The predicted octanol–water partition coefficient (Wildman–Crippen LogP) is 4.49. The fraction of sp³-hybridized carbons (Fsp3) is 0.0435. The predicted molar refractivity (Wildman–Crippen MR) is 126 cm³/mol. The lowest BCUT2D eigenvalue weighted by Gasteiger charge is -2.06. The first-order valence-electron chi connectivity index (χ1n) is 9.47. The summed E-state index contributed by atoms with van der Waals surface area (Å²) in [6, 6.07) is 24.3.